The van der Waals surface area contributed by atoms with Gasteiger partial charge >= 0.3 is 0 Å². The minimum Gasteiger partial charge on any atom is -0.368 e. The highest BCUT2D eigenvalue weighted by atomic mass is 32.1. The number of thiocarbonyl (C=S) groups is 1. The van der Waals surface area contributed by atoms with Crippen molar-refractivity contribution in [1.29, 1.82) is 5.41 Å². The summed E-state index contributed by atoms with van der Waals surface area (Å²) in [5.41, 5.74) is 10.1. The van der Waals surface area contributed by atoms with Crippen LogP contribution in [0.2, 0.25) is 0 Å². The molecule has 10 heteroatoms. The molecule has 0 aromatic carbocycles. The number of amides is 2. The van der Waals surface area contributed by atoms with Crippen molar-refractivity contribution in [2.24, 2.45) is 11.5 Å². The van der Waals surface area contributed by atoms with E-state index in [0.717, 1.165) is 0 Å². The van der Waals surface area contributed by atoms with Crippen molar-refractivity contribution >= 4 is 46.4 Å². The molecular formula is C13H17N7O2S. The largest absolute Gasteiger partial charge is 0.368 e. The van der Waals surface area contributed by atoms with Crippen molar-refractivity contribution in [2.75, 3.05) is 10.6 Å². The van der Waals surface area contributed by atoms with Crippen LogP contribution in [-0.2, 0) is 4.79 Å². The number of primary amides is 2. The second-order valence-corrected chi connectivity index (χ2v) is 5.89. The molecule has 1 heterocycles. The van der Waals surface area contributed by atoms with E-state index in [0.29, 0.717) is 23.5 Å². The van der Waals surface area contributed by atoms with Gasteiger partial charge in [0.25, 0.3) is 5.91 Å². The van der Waals surface area contributed by atoms with Gasteiger partial charge in [0.2, 0.25) is 5.91 Å². The first-order chi connectivity index (χ1) is 10.7. The van der Waals surface area contributed by atoms with Crippen molar-refractivity contribution < 1.29 is 9.59 Å². The van der Waals surface area contributed by atoms with Crippen molar-refractivity contribution in [2.45, 2.75) is 31.7 Å². The van der Waals surface area contributed by atoms with Crippen molar-refractivity contribution in [1.82, 2.24) is 9.97 Å². The fraction of sp³-hybridized carbons (Fsp3) is 0.385. The number of nitrogens with zero attached hydrogens (tertiary/aromatic N) is 2. The lowest BCUT2D eigenvalue weighted by Gasteiger charge is -2.16. The van der Waals surface area contributed by atoms with Gasteiger partial charge in [-0.2, -0.15) is 0 Å². The third-order valence-corrected chi connectivity index (χ3v) is 3.52. The average Bonchev–Trinajstić information content (AvgIpc) is 3.18. The van der Waals surface area contributed by atoms with Crippen LogP contribution < -0.4 is 22.1 Å². The second-order valence-electron chi connectivity index (χ2n) is 5.39. The molecule has 122 valence electrons. The second kappa shape index (κ2) is 6.24. The van der Waals surface area contributed by atoms with Crippen LogP contribution in [0.1, 0.15) is 36.7 Å². The zero-order chi connectivity index (χ0) is 17.2. The zero-order valence-corrected chi connectivity index (χ0v) is 13.3. The Morgan fingerprint density at radius 2 is 2.09 bits per heavy atom. The van der Waals surface area contributed by atoms with E-state index in [-0.39, 0.29) is 23.8 Å². The zero-order valence-electron chi connectivity index (χ0n) is 12.5. The van der Waals surface area contributed by atoms with Gasteiger partial charge in [0.1, 0.15) is 11.4 Å². The maximum absolute atomic E-state index is 11.4. The molecule has 1 aromatic heterocycles. The maximum atomic E-state index is 11.4. The van der Waals surface area contributed by atoms with E-state index >= 15 is 0 Å². The molecule has 0 saturated heterocycles. The molecule has 0 bridgehead atoms. The predicted octanol–water partition coefficient (Wildman–Crippen LogP) is 0.174. The molecule has 23 heavy (non-hydrogen) atoms. The number of anilines is 2. The lowest BCUT2D eigenvalue weighted by molar-refractivity contribution is -0.119. The number of nitrogens with two attached hydrogens (primary N) is 2. The average molecular weight is 335 g/mol. The number of nitrogens with one attached hydrogen (secondary N) is 3. The highest BCUT2D eigenvalue weighted by Crippen LogP contribution is 2.38. The predicted molar refractivity (Wildman–Crippen MR) is 89.6 cm³/mol. The number of rotatable bonds is 7. The van der Waals surface area contributed by atoms with Gasteiger partial charge in [-0.3, -0.25) is 9.59 Å². The molecule has 1 aromatic rings. The van der Waals surface area contributed by atoms with Crippen molar-refractivity contribution in [3.63, 3.8) is 0 Å². The van der Waals surface area contributed by atoms with Gasteiger partial charge in [-0.15, -0.1) is 0 Å². The Balaban J connectivity index is 2.25. The summed E-state index contributed by atoms with van der Waals surface area (Å²) < 4.78 is 0. The van der Waals surface area contributed by atoms with Gasteiger partial charge in [-0.25, -0.2) is 9.97 Å². The summed E-state index contributed by atoms with van der Waals surface area (Å²) in [5, 5.41) is 13.1. The van der Waals surface area contributed by atoms with Crippen LogP contribution in [0.4, 0.5) is 11.6 Å². The molecule has 1 saturated carbocycles. The fourth-order valence-electron chi connectivity index (χ4n) is 1.94. The molecule has 2 amide bonds. The Bertz CT molecular complexity index is 700. The molecule has 0 radical (unpaired) electrons. The smallest absolute Gasteiger partial charge is 0.271 e. The number of carbonyl (C=O) groups is 2. The van der Waals surface area contributed by atoms with Crippen LogP contribution in [-0.4, -0.2) is 38.0 Å². The number of carbonyl (C=O) groups excluding carboxylic acids is 2. The Morgan fingerprint density at radius 1 is 1.43 bits per heavy atom. The summed E-state index contributed by atoms with van der Waals surface area (Å²) in [6.07, 6.45) is 2.74. The quantitative estimate of drug-likeness (QED) is 0.351. The standard InChI is InChI=1S/C13H17N7O2S/c1-6(14)4-8(23)19-11-9(10(15)21)17-5-7(18-11)20-13(2-3-13)12(16)22/h5,14H,2-4H2,1H3,(H2,15,21)(H2,16,22)(H2,18,19,20,23). The molecule has 0 unspecified atom stereocenters. The normalized spacial score (nSPS) is 14.7. The van der Waals surface area contributed by atoms with Crippen molar-refractivity contribution in [3.05, 3.63) is 11.9 Å². The Morgan fingerprint density at radius 3 is 2.57 bits per heavy atom. The van der Waals surface area contributed by atoms with Crippen LogP contribution >= 0.6 is 12.2 Å². The molecule has 9 nitrogen and oxygen atoms in total. The van der Waals surface area contributed by atoms with Crippen LogP contribution in [0.3, 0.4) is 0 Å². The van der Waals surface area contributed by atoms with E-state index in [1.165, 1.54) is 6.20 Å². The van der Waals surface area contributed by atoms with E-state index in [9.17, 15) is 9.59 Å². The van der Waals surface area contributed by atoms with Crippen LogP contribution in [0.25, 0.3) is 0 Å². The monoisotopic (exact) mass is 335 g/mol. The first kappa shape index (κ1) is 16.7. The van der Waals surface area contributed by atoms with Gasteiger partial charge in [0.05, 0.1) is 11.2 Å². The lowest BCUT2D eigenvalue weighted by Crippen LogP contribution is -2.38. The highest BCUT2D eigenvalue weighted by Gasteiger charge is 2.49. The minimum absolute atomic E-state index is 0.0778. The molecular weight excluding hydrogens is 318 g/mol. The first-order valence-corrected chi connectivity index (χ1v) is 7.23. The van der Waals surface area contributed by atoms with Crippen LogP contribution in [0.15, 0.2) is 6.20 Å². The van der Waals surface area contributed by atoms with Gasteiger partial charge < -0.3 is 27.5 Å². The van der Waals surface area contributed by atoms with Crippen molar-refractivity contribution in [3.8, 4) is 0 Å². The van der Waals surface area contributed by atoms with E-state index < -0.39 is 17.4 Å². The summed E-state index contributed by atoms with van der Waals surface area (Å²) in [6.45, 7) is 1.61. The molecule has 1 aliphatic rings. The SMILES string of the molecule is CC(=N)CC(=S)Nc1nc(NC2(C(N)=O)CC2)cnc1C(N)=O. The highest BCUT2D eigenvalue weighted by molar-refractivity contribution is 7.80. The summed E-state index contributed by atoms with van der Waals surface area (Å²) in [5.74, 6) is -0.878. The molecule has 2 rings (SSSR count). The maximum Gasteiger partial charge on any atom is 0.271 e. The van der Waals surface area contributed by atoms with Crippen LogP contribution in [0.5, 0.6) is 0 Å². The Labute approximate surface area is 137 Å². The summed E-state index contributed by atoms with van der Waals surface area (Å²) in [6, 6.07) is 0. The molecule has 0 spiro atoms. The number of hydrogen-bond acceptors (Lipinski definition) is 7. The molecule has 0 atom stereocenters. The van der Waals surface area contributed by atoms with E-state index in [2.05, 4.69) is 20.6 Å². The van der Waals surface area contributed by atoms with E-state index in [1.807, 2.05) is 0 Å². The third kappa shape index (κ3) is 3.97. The van der Waals surface area contributed by atoms with Gasteiger partial charge in [-0.1, -0.05) is 12.2 Å². The Kier molecular flexibility index (Phi) is 4.55. The number of hydrogen-bond donors (Lipinski definition) is 5. The summed E-state index contributed by atoms with van der Waals surface area (Å²) in [4.78, 5) is 31.3. The van der Waals surface area contributed by atoms with Crippen LogP contribution in [0, 0.1) is 5.41 Å². The molecule has 7 N–H and O–H groups in total. The van der Waals surface area contributed by atoms with Gasteiger partial charge in [0.15, 0.2) is 11.5 Å². The van der Waals surface area contributed by atoms with E-state index in [4.69, 9.17) is 29.1 Å². The van der Waals surface area contributed by atoms with E-state index in [1.54, 1.807) is 6.92 Å². The Hall–Kier alpha value is -2.62. The van der Waals surface area contributed by atoms with Gasteiger partial charge in [-0.05, 0) is 19.8 Å². The summed E-state index contributed by atoms with van der Waals surface area (Å²) in [7, 11) is 0. The first-order valence-electron chi connectivity index (χ1n) is 6.82. The lowest BCUT2D eigenvalue weighted by atomic mass is 10.2. The molecule has 1 aliphatic carbocycles. The third-order valence-electron chi connectivity index (χ3n) is 3.28. The fourth-order valence-corrected chi connectivity index (χ4v) is 2.25. The van der Waals surface area contributed by atoms with Gasteiger partial charge in [0, 0.05) is 12.1 Å². The molecule has 1 fully saturated rings. The topological polar surface area (TPSA) is 160 Å². The molecule has 0 aliphatic heterocycles. The minimum atomic E-state index is -0.813. The number of aromatic nitrogens is 2. The summed E-state index contributed by atoms with van der Waals surface area (Å²) >= 11 is 5.10.